The van der Waals surface area contributed by atoms with Crippen molar-refractivity contribution < 1.29 is 19.1 Å². The van der Waals surface area contributed by atoms with E-state index >= 15 is 0 Å². The number of amides is 2. The van der Waals surface area contributed by atoms with Crippen molar-refractivity contribution in [3.63, 3.8) is 0 Å². The lowest BCUT2D eigenvalue weighted by atomic mass is 9.90. The first-order valence-electron chi connectivity index (χ1n) is 9.92. The highest BCUT2D eigenvalue weighted by molar-refractivity contribution is 7.14. The van der Waals surface area contributed by atoms with Crippen LogP contribution in [0.5, 0.6) is 0 Å². The van der Waals surface area contributed by atoms with Crippen LogP contribution >= 0.6 is 11.3 Å². The molecule has 0 saturated heterocycles. The van der Waals surface area contributed by atoms with Crippen molar-refractivity contribution in [2.45, 2.75) is 45.6 Å². The van der Waals surface area contributed by atoms with Crippen molar-refractivity contribution in [3.05, 3.63) is 45.6 Å². The van der Waals surface area contributed by atoms with E-state index in [4.69, 9.17) is 4.74 Å². The quantitative estimate of drug-likeness (QED) is 0.778. The molecule has 0 fully saturated rings. The van der Waals surface area contributed by atoms with Crippen LogP contribution in [-0.2, 0) is 27.2 Å². The zero-order chi connectivity index (χ0) is 20.5. The van der Waals surface area contributed by atoms with Gasteiger partial charge in [0, 0.05) is 17.3 Å². The van der Waals surface area contributed by atoms with Crippen molar-refractivity contribution in [2.24, 2.45) is 5.92 Å². The van der Waals surface area contributed by atoms with Gasteiger partial charge in [-0.1, -0.05) is 19.1 Å². The lowest BCUT2D eigenvalue weighted by Crippen LogP contribution is -2.41. The van der Waals surface area contributed by atoms with Gasteiger partial charge in [-0.05, 0) is 55.9 Å². The molecule has 0 saturated carbocycles. The molecule has 2 heterocycles. The first-order valence-corrected chi connectivity index (χ1v) is 10.7. The van der Waals surface area contributed by atoms with Crippen LogP contribution in [-0.4, -0.2) is 30.4 Å². The molecule has 6 nitrogen and oxygen atoms in total. The monoisotopic (exact) mass is 412 g/mol. The summed E-state index contributed by atoms with van der Waals surface area (Å²) in [5, 5.41) is 2.82. The van der Waals surface area contributed by atoms with E-state index in [1.165, 1.54) is 21.8 Å². The van der Waals surface area contributed by atoms with Gasteiger partial charge in [-0.3, -0.25) is 9.59 Å². The molecule has 1 aromatic heterocycles. The number of rotatable bonds is 3. The minimum Gasteiger partial charge on any atom is -0.451 e. The van der Waals surface area contributed by atoms with E-state index in [0.29, 0.717) is 22.2 Å². The predicted molar refractivity (Wildman–Crippen MR) is 112 cm³/mol. The van der Waals surface area contributed by atoms with Crippen molar-refractivity contribution in [2.75, 3.05) is 16.8 Å². The summed E-state index contributed by atoms with van der Waals surface area (Å²) in [6, 6.07) is 8.74. The fraction of sp³-hybridized carbons (Fsp3) is 0.409. The van der Waals surface area contributed by atoms with Crippen LogP contribution in [0.15, 0.2) is 30.3 Å². The van der Waals surface area contributed by atoms with E-state index in [0.717, 1.165) is 19.3 Å². The van der Waals surface area contributed by atoms with Gasteiger partial charge in [-0.2, -0.15) is 0 Å². The van der Waals surface area contributed by atoms with Gasteiger partial charge in [0.05, 0.1) is 11.4 Å². The third-order valence-corrected chi connectivity index (χ3v) is 6.70. The summed E-state index contributed by atoms with van der Waals surface area (Å²) in [5.41, 5.74) is 2.43. The molecular formula is C22H24N2O4S. The van der Waals surface area contributed by atoms with Gasteiger partial charge < -0.3 is 15.0 Å². The summed E-state index contributed by atoms with van der Waals surface area (Å²) in [4.78, 5) is 40.9. The molecule has 1 aliphatic heterocycles. The summed E-state index contributed by atoms with van der Waals surface area (Å²) in [6.07, 6.45) is 3.31. The molecule has 152 valence electrons. The molecule has 0 radical (unpaired) electrons. The molecular weight excluding hydrogens is 388 g/mol. The fourth-order valence-corrected chi connectivity index (χ4v) is 5.14. The number of nitrogens with one attached hydrogen (secondary N) is 1. The maximum absolute atomic E-state index is 12.9. The van der Waals surface area contributed by atoms with Crippen molar-refractivity contribution in [1.82, 2.24) is 0 Å². The first kappa shape index (κ1) is 19.6. The van der Waals surface area contributed by atoms with Crippen LogP contribution in [0, 0.1) is 5.92 Å². The number of carbonyl (C=O) groups is 3. The zero-order valence-corrected chi connectivity index (χ0v) is 17.4. The van der Waals surface area contributed by atoms with Crippen LogP contribution < -0.4 is 10.2 Å². The van der Waals surface area contributed by atoms with Crippen molar-refractivity contribution in [1.29, 1.82) is 0 Å². The molecule has 7 heteroatoms. The van der Waals surface area contributed by atoms with Crippen LogP contribution in [0.25, 0.3) is 0 Å². The summed E-state index contributed by atoms with van der Waals surface area (Å²) >= 11 is 1.47. The van der Waals surface area contributed by atoms with Crippen LogP contribution in [0.2, 0.25) is 0 Å². The standard InChI is InChI=1S/C22H24N2O4S/c1-13-7-8-18-15(9-13)11-19(29-18)22(27)28-12-21(26)24-14(2)10-20(25)23-16-5-3-4-6-17(16)24/h3-6,11,13-14H,7-10,12H2,1-2H3,(H,23,25)/t13-,14-/m1/s1. The number of aryl methyl sites for hydroxylation is 1. The number of carbonyl (C=O) groups excluding carboxylic acids is 3. The number of thiophene rings is 1. The molecule has 1 N–H and O–H groups in total. The molecule has 4 rings (SSSR count). The lowest BCUT2D eigenvalue weighted by molar-refractivity contribution is -0.122. The molecule has 2 aromatic rings. The van der Waals surface area contributed by atoms with Gasteiger partial charge in [0.15, 0.2) is 6.61 Å². The number of anilines is 2. The Morgan fingerprint density at radius 3 is 2.86 bits per heavy atom. The summed E-state index contributed by atoms with van der Waals surface area (Å²) < 4.78 is 5.35. The normalized spacial score (nSPS) is 20.9. The summed E-state index contributed by atoms with van der Waals surface area (Å²) in [7, 11) is 0. The van der Waals surface area contributed by atoms with E-state index in [2.05, 4.69) is 12.2 Å². The van der Waals surface area contributed by atoms with E-state index in [9.17, 15) is 14.4 Å². The smallest absolute Gasteiger partial charge is 0.348 e. The van der Waals surface area contributed by atoms with Crippen LogP contribution in [0.3, 0.4) is 0 Å². The zero-order valence-electron chi connectivity index (χ0n) is 16.6. The average Bonchev–Trinajstić information content (AvgIpc) is 3.05. The second-order valence-electron chi connectivity index (χ2n) is 7.87. The summed E-state index contributed by atoms with van der Waals surface area (Å²) in [5.74, 6) is -0.320. The highest BCUT2D eigenvalue weighted by Crippen LogP contribution is 2.33. The van der Waals surface area contributed by atoms with Gasteiger partial charge in [0.2, 0.25) is 5.91 Å². The Morgan fingerprint density at radius 1 is 1.24 bits per heavy atom. The van der Waals surface area contributed by atoms with Gasteiger partial charge >= 0.3 is 5.97 Å². The second-order valence-corrected chi connectivity index (χ2v) is 9.00. The Labute approximate surface area is 173 Å². The van der Waals surface area contributed by atoms with Crippen molar-refractivity contribution >= 4 is 40.5 Å². The van der Waals surface area contributed by atoms with E-state index in [-0.39, 0.29) is 30.9 Å². The van der Waals surface area contributed by atoms with Gasteiger partial charge in [0.1, 0.15) is 4.88 Å². The fourth-order valence-electron chi connectivity index (χ4n) is 4.04. The Balaban J connectivity index is 1.47. The number of ether oxygens (including phenoxy) is 1. The predicted octanol–water partition coefficient (Wildman–Crippen LogP) is 3.79. The number of fused-ring (bicyclic) bond motifs is 2. The summed E-state index contributed by atoms with van der Waals surface area (Å²) in [6.45, 7) is 3.68. The highest BCUT2D eigenvalue weighted by Gasteiger charge is 2.30. The largest absolute Gasteiger partial charge is 0.451 e. The molecule has 0 bridgehead atoms. The Kier molecular flexibility index (Phi) is 5.41. The molecule has 2 aliphatic rings. The molecule has 0 unspecified atom stereocenters. The molecule has 29 heavy (non-hydrogen) atoms. The van der Waals surface area contributed by atoms with Crippen molar-refractivity contribution in [3.8, 4) is 0 Å². The Morgan fingerprint density at radius 2 is 2.03 bits per heavy atom. The molecule has 0 spiro atoms. The molecule has 1 aromatic carbocycles. The van der Waals surface area contributed by atoms with Gasteiger partial charge in [-0.15, -0.1) is 11.3 Å². The Bertz CT molecular complexity index is 967. The molecule has 2 atom stereocenters. The van der Waals surface area contributed by atoms with Gasteiger partial charge in [-0.25, -0.2) is 4.79 Å². The van der Waals surface area contributed by atoms with E-state index in [1.807, 2.05) is 19.1 Å². The first-order chi connectivity index (χ1) is 13.9. The van der Waals surface area contributed by atoms with Gasteiger partial charge in [0.25, 0.3) is 5.91 Å². The average molecular weight is 413 g/mol. The van der Waals surface area contributed by atoms with E-state index in [1.54, 1.807) is 23.1 Å². The third kappa shape index (κ3) is 4.05. The minimum absolute atomic E-state index is 0.143. The number of para-hydroxylation sites is 2. The maximum atomic E-state index is 12.9. The highest BCUT2D eigenvalue weighted by atomic mass is 32.1. The lowest BCUT2D eigenvalue weighted by Gasteiger charge is -2.27. The minimum atomic E-state index is -0.463. The van der Waals surface area contributed by atoms with E-state index < -0.39 is 5.97 Å². The maximum Gasteiger partial charge on any atom is 0.348 e. The third-order valence-electron chi connectivity index (χ3n) is 5.49. The second kappa shape index (κ2) is 7.99. The SMILES string of the molecule is C[C@@H]1CCc2sc(C(=O)OCC(=O)N3c4ccccc4NC(=O)C[C@H]3C)cc2C1. The number of hydrogen-bond acceptors (Lipinski definition) is 5. The molecule has 2 amide bonds. The number of benzene rings is 1. The number of nitrogens with zero attached hydrogens (tertiary/aromatic N) is 1. The number of esters is 1. The topological polar surface area (TPSA) is 75.7 Å². The molecule has 1 aliphatic carbocycles. The van der Waals surface area contributed by atoms with Crippen LogP contribution in [0.1, 0.15) is 46.8 Å². The Hall–Kier alpha value is -2.67. The number of hydrogen-bond donors (Lipinski definition) is 1. The van der Waals surface area contributed by atoms with Crippen LogP contribution in [0.4, 0.5) is 11.4 Å².